The highest BCUT2D eigenvalue weighted by molar-refractivity contribution is 7.13. The molecule has 0 bridgehead atoms. The highest BCUT2D eigenvalue weighted by atomic mass is 35.5. The van der Waals surface area contributed by atoms with Gasteiger partial charge in [-0.15, -0.1) is 11.3 Å². The number of nitrogens with one attached hydrogen (secondary N) is 1. The fourth-order valence-electron chi connectivity index (χ4n) is 2.50. The highest BCUT2D eigenvalue weighted by Gasteiger charge is 2.18. The van der Waals surface area contributed by atoms with Crippen LogP contribution in [0.1, 0.15) is 16.2 Å². The van der Waals surface area contributed by atoms with Gasteiger partial charge in [0.2, 0.25) is 0 Å². The number of aromatic amines is 1. The van der Waals surface area contributed by atoms with Crippen molar-refractivity contribution in [3.05, 3.63) is 58.4 Å². The second-order valence-electron chi connectivity index (χ2n) is 5.48. The Kier molecular flexibility index (Phi) is 4.03. The average Bonchev–Trinajstić information content (AvgIpc) is 3.32. The van der Waals surface area contributed by atoms with Gasteiger partial charge in [0.15, 0.2) is 0 Å². The molecule has 0 aliphatic heterocycles. The number of thiazole rings is 1. The third-order valence-electron chi connectivity index (χ3n) is 3.70. The first kappa shape index (κ1) is 15.9. The van der Waals surface area contributed by atoms with Gasteiger partial charge in [0.05, 0.1) is 16.9 Å². The maximum absolute atomic E-state index is 12.3. The van der Waals surface area contributed by atoms with Crippen molar-refractivity contribution in [2.75, 3.05) is 0 Å². The van der Waals surface area contributed by atoms with Gasteiger partial charge >= 0.3 is 5.97 Å². The van der Waals surface area contributed by atoms with E-state index in [-0.39, 0.29) is 12.3 Å². The summed E-state index contributed by atoms with van der Waals surface area (Å²) in [5.41, 5.74) is 2.67. The minimum atomic E-state index is -0.503. The maximum Gasteiger partial charge on any atom is 0.356 e. The summed E-state index contributed by atoms with van der Waals surface area (Å²) in [4.78, 5) is 19.8. The molecule has 0 aliphatic carbocycles. The van der Waals surface area contributed by atoms with Gasteiger partial charge in [-0.25, -0.2) is 9.78 Å². The van der Waals surface area contributed by atoms with Crippen molar-refractivity contribution in [2.24, 2.45) is 7.05 Å². The number of rotatable bonds is 4. The molecule has 0 unspecified atom stereocenters. The summed E-state index contributed by atoms with van der Waals surface area (Å²) in [6.07, 6.45) is 3.64. The normalized spacial score (nSPS) is 11.1. The van der Waals surface area contributed by atoms with Gasteiger partial charge in [0.25, 0.3) is 0 Å². The van der Waals surface area contributed by atoms with Crippen LogP contribution < -0.4 is 0 Å². The number of halogens is 1. The Morgan fingerprint density at radius 2 is 2.24 bits per heavy atom. The summed E-state index contributed by atoms with van der Waals surface area (Å²) >= 11 is 7.75. The summed E-state index contributed by atoms with van der Waals surface area (Å²) in [6, 6.07) is 7.45. The van der Waals surface area contributed by atoms with Crippen LogP contribution in [0.4, 0.5) is 0 Å². The van der Waals surface area contributed by atoms with E-state index < -0.39 is 5.97 Å². The molecule has 4 rings (SSSR count). The molecule has 0 fully saturated rings. The number of para-hydroxylation sites is 1. The van der Waals surface area contributed by atoms with E-state index in [0.717, 1.165) is 21.5 Å². The van der Waals surface area contributed by atoms with Crippen LogP contribution in [-0.4, -0.2) is 25.7 Å². The topological polar surface area (TPSA) is 72.8 Å². The molecular formula is C17H13ClN4O2S. The molecule has 0 radical (unpaired) electrons. The Hall–Kier alpha value is -2.64. The number of esters is 1. The molecule has 25 heavy (non-hydrogen) atoms. The monoisotopic (exact) mass is 372 g/mol. The highest BCUT2D eigenvalue weighted by Crippen LogP contribution is 2.28. The van der Waals surface area contributed by atoms with E-state index in [4.69, 9.17) is 16.3 Å². The zero-order valence-electron chi connectivity index (χ0n) is 13.2. The quantitative estimate of drug-likeness (QED) is 0.549. The van der Waals surface area contributed by atoms with Crippen molar-refractivity contribution in [2.45, 2.75) is 6.61 Å². The van der Waals surface area contributed by atoms with Gasteiger partial charge in [-0.2, -0.15) is 5.10 Å². The van der Waals surface area contributed by atoms with E-state index in [9.17, 15) is 4.79 Å². The summed E-state index contributed by atoms with van der Waals surface area (Å²) in [5.74, 6) is -0.503. The molecule has 6 nitrogen and oxygen atoms in total. The van der Waals surface area contributed by atoms with Crippen molar-refractivity contribution < 1.29 is 9.53 Å². The number of carbonyl (C=O) groups excluding carboxylic acids is 1. The molecule has 0 saturated heterocycles. The number of aromatic nitrogens is 4. The molecule has 8 heteroatoms. The molecule has 0 amide bonds. The van der Waals surface area contributed by atoms with Crippen LogP contribution in [0, 0.1) is 0 Å². The van der Waals surface area contributed by atoms with Gasteiger partial charge in [0.1, 0.15) is 17.3 Å². The molecule has 0 aliphatic rings. The van der Waals surface area contributed by atoms with Crippen molar-refractivity contribution in [3.63, 3.8) is 0 Å². The molecule has 1 N–H and O–H groups in total. The van der Waals surface area contributed by atoms with Gasteiger partial charge in [-0.05, 0) is 6.07 Å². The molecule has 3 aromatic heterocycles. The van der Waals surface area contributed by atoms with E-state index in [1.807, 2.05) is 42.9 Å². The van der Waals surface area contributed by atoms with Crippen LogP contribution in [0.15, 0.2) is 42.0 Å². The minimum absolute atomic E-state index is 0.0846. The van der Waals surface area contributed by atoms with Crippen molar-refractivity contribution in [1.82, 2.24) is 19.7 Å². The Labute approximate surface area is 152 Å². The predicted molar refractivity (Wildman–Crippen MR) is 96.7 cm³/mol. The molecular weight excluding hydrogens is 360 g/mol. The number of nitrogens with zero attached hydrogens (tertiary/aromatic N) is 3. The van der Waals surface area contributed by atoms with E-state index in [1.54, 1.807) is 10.9 Å². The van der Waals surface area contributed by atoms with Crippen LogP contribution in [-0.2, 0) is 18.4 Å². The molecule has 0 atom stereocenters. The van der Waals surface area contributed by atoms with Crippen LogP contribution in [0.5, 0.6) is 0 Å². The summed E-state index contributed by atoms with van der Waals surface area (Å²) in [6.45, 7) is 0.0846. The lowest BCUT2D eigenvalue weighted by Crippen LogP contribution is -2.06. The Balaban J connectivity index is 1.48. The van der Waals surface area contributed by atoms with Crippen LogP contribution in [0.3, 0.4) is 0 Å². The Morgan fingerprint density at radius 3 is 3.00 bits per heavy atom. The Bertz CT molecular complexity index is 1070. The molecule has 126 valence electrons. The van der Waals surface area contributed by atoms with E-state index in [0.29, 0.717) is 10.7 Å². The lowest BCUT2D eigenvalue weighted by Gasteiger charge is -2.01. The molecule has 0 saturated carbocycles. The SMILES string of the molecule is Cn1cc(-c2nc(COC(=O)c3[nH]c4ccccc4c3Cl)cs2)cn1. The molecule has 3 heterocycles. The summed E-state index contributed by atoms with van der Waals surface area (Å²) in [7, 11) is 1.85. The zero-order valence-corrected chi connectivity index (χ0v) is 14.8. The van der Waals surface area contributed by atoms with Crippen LogP contribution in [0.2, 0.25) is 5.02 Å². The summed E-state index contributed by atoms with van der Waals surface area (Å²) < 4.78 is 7.06. The third-order valence-corrected chi connectivity index (χ3v) is 5.03. The first-order valence-electron chi connectivity index (χ1n) is 7.48. The second-order valence-corrected chi connectivity index (χ2v) is 6.72. The van der Waals surface area contributed by atoms with Crippen LogP contribution in [0.25, 0.3) is 21.5 Å². The number of aryl methyl sites for hydroxylation is 1. The summed E-state index contributed by atoms with van der Waals surface area (Å²) in [5, 5.41) is 7.99. The third kappa shape index (κ3) is 3.04. The molecule has 4 aromatic rings. The van der Waals surface area contributed by atoms with E-state index >= 15 is 0 Å². The Morgan fingerprint density at radius 1 is 1.40 bits per heavy atom. The van der Waals surface area contributed by atoms with Gasteiger partial charge in [-0.1, -0.05) is 29.8 Å². The van der Waals surface area contributed by atoms with Gasteiger partial charge in [0, 0.05) is 35.1 Å². The lowest BCUT2D eigenvalue weighted by molar-refractivity contribution is 0.0463. The number of hydrogen-bond donors (Lipinski definition) is 1. The van der Waals surface area contributed by atoms with Gasteiger partial charge < -0.3 is 9.72 Å². The van der Waals surface area contributed by atoms with E-state index in [1.165, 1.54) is 11.3 Å². The van der Waals surface area contributed by atoms with Crippen LogP contribution >= 0.6 is 22.9 Å². The number of fused-ring (bicyclic) bond motifs is 1. The number of H-pyrrole nitrogens is 1. The molecule has 0 spiro atoms. The zero-order chi connectivity index (χ0) is 17.4. The lowest BCUT2D eigenvalue weighted by atomic mass is 10.2. The largest absolute Gasteiger partial charge is 0.454 e. The smallest absolute Gasteiger partial charge is 0.356 e. The number of ether oxygens (including phenoxy) is 1. The fraction of sp³-hybridized carbons (Fsp3) is 0.118. The fourth-order valence-corrected chi connectivity index (χ4v) is 3.57. The molecule has 1 aromatic carbocycles. The minimum Gasteiger partial charge on any atom is -0.454 e. The van der Waals surface area contributed by atoms with Crippen molar-refractivity contribution >= 4 is 39.8 Å². The predicted octanol–water partition coefficient (Wildman–Crippen LogP) is 4.04. The number of carbonyl (C=O) groups is 1. The maximum atomic E-state index is 12.3. The first-order valence-corrected chi connectivity index (χ1v) is 8.74. The number of benzene rings is 1. The standard InChI is InChI=1S/C17H13ClN4O2S/c1-22-7-10(6-19-22)16-20-11(9-25-16)8-24-17(23)15-14(18)12-4-2-3-5-13(12)21-15/h2-7,9,21H,8H2,1H3. The second kappa shape index (κ2) is 6.34. The number of hydrogen-bond acceptors (Lipinski definition) is 5. The average molecular weight is 373 g/mol. The first-order chi connectivity index (χ1) is 12.1. The van der Waals surface area contributed by atoms with E-state index in [2.05, 4.69) is 15.1 Å². The van der Waals surface area contributed by atoms with Crippen molar-refractivity contribution in [1.29, 1.82) is 0 Å². The van der Waals surface area contributed by atoms with Gasteiger partial charge in [-0.3, -0.25) is 4.68 Å². The van der Waals surface area contributed by atoms with Crippen molar-refractivity contribution in [3.8, 4) is 10.6 Å².